The molecule has 87 valence electrons. The number of primary amides is 1. The van der Waals surface area contributed by atoms with Gasteiger partial charge in [0.15, 0.2) is 0 Å². The van der Waals surface area contributed by atoms with Crippen LogP contribution in [0.4, 0.5) is 4.79 Å². The molecule has 1 aromatic rings. The van der Waals surface area contributed by atoms with Crippen LogP contribution < -0.4 is 5.73 Å². The molecular formula is C10H13N2O3S. The van der Waals surface area contributed by atoms with E-state index in [1.165, 1.54) is 12.1 Å². The van der Waals surface area contributed by atoms with E-state index in [4.69, 9.17) is 5.73 Å². The molecule has 1 aromatic carbocycles. The molecule has 1 radical (unpaired) electrons. The molecule has 2 N–H and O–H groups in total. The van der Waals surface area contributed by atoms with Gasteiger partial charge in [-0.25, -0.2) is 17.5 Å². The average Bonchev–Trinajstić information content (AvgIpc) is 2.26. The maximum Gasteiger partial charge on any atom is 0.328 e. The third-order valence-corrected chi connectivity index (χ3v) is 3.67. The molecule has 0 saturated heterocycles. The maximum atomic E-state index is 12.0. The molecule has 0 heterocycles. The summed E-state index contributed by atoms with van der Waals surface area (Å²) in [6.07, 6.45) is 0.509. The summed E-state index contributed by atoms with van der Waals surface area (Å²) >= 11 is 0. The van der Waals surface area contributed by atoms with Gasteiger partial charge in [-0.15, -0.1) is 0 Å². The second kappa shape index (κ2) is 4.98. The lowest BCUT2D eigenvalue weighted by Crippen LogP contribution is -2.41. The summed E-state index contributed by atoms with van der Waals surface area (Å²) in [6, 6.07) is 7.65. The van der Waals surface area contributed by atoms with Crippen LogP contribution in [0.15, 0.2) is 29.2 Å². The molecule has 0 aliphatic carbocycles. The Morgan fingerprint density at radius 1 is 1.50 bits per heavy atom. The number of hydrogen-bond acceptors (Lipinski definition) is 3. The van der Waals surface area contributed by atoms with E-state index in [1.807, 2.05) is 0 Å². The zero-order chi connectivity index (χ0) is 12.2. The summed E-state index contributed by atoms with van der Waals surface area (Å²) in [7, 11) is -3.86. The van der Waals surface area contributed by atoms with Crippen LogP contribution in [0.3, 0.4) is 0 Å². The normalized spacial score (nSPS) is 11.1. The Morgan fingerprint density at radius 3 is 2.62 bits per heavy atom. The average molecular weight is 241 g/mol. The van der Waals surface area contributed by atoms with E-state index in [0.717, 1.165) is 0 Å². The van der Waals surface area contributed by atoms with Crippen molar-refractivity contribution in [3.8, 4) is 0 Å². The first-order valence-corrected chi connectivity index (χ1v) is 6.23. The van der Waals surface area contributed by atoms with Crippen molar-refractivity contribution in [3.63, 3.8) is 0 Å². The second-order valence-corrected chi connectivity index (χ2v) is 4.97. The lowest BCUT2D eigenvalue weighted by Gasteiger charge is -2.19. The number of nitrogens with zero attached hydrogens (tertiary/aromatic N) is 1. The van der Waals surface area contributed by atoms with Gasteiger partial charge < -0.3 is 5.73 Å². The van der Waals surface area contributed by atoms with Crippen molar-refractivity contribution in [2.75, 3.05) is 6.54 Å². The first-order chi connectivity index (χ1) is 7.50. The van der Waals surface area contributed by atoms with E-state index in [0.29, 0.717) is 10.7 Å². The first kappa shape index (κ1) is 12.5. The van der Waals surface area contributed by atoms with E-state index >= 15 is 0 Å². The van der Waals surface area contributed by atoms with Crippen LogP contribution in [0.2, 0.25) is 0 Å². The van der Waals surface area contributed by atoms with E-state index in [-0.39, 0.29) is 11.4 Å². The fraction of sp³-hybridized carbons (Fsp3) is 0.300. The van der Waals surface area contributed by atoms with E-state index in [9.17, 15) is 13.2 Å². The second-order valence-electron chi connectivity index (χ2n) is 3.14. The van der Waals surface area contributed by atoms with Crippen LogP contribution in [-0.2, 0) is 10.0 Å². The summed E-state index contributed by atoms with van der Waals surface area (Å²) < 4.78 is 24.6. The van der Waals surface area contributed by atoms with Gasteiger partial charge in [0, 0.05) is 12.6 Å². The highest BCUT2D eigenvalue weighted by atomic mass is 32.2. The van der Waals surface area contributed by atoms with E-state index in [2.05, 4.69) is 6.07 Å². The highest BCUT2D eigenvalue weighted by Gasteiger charge is 2.26. The highest BCUT2D eigenvalue weighted by Crippen LogP contribution is 2.14. The minimum absolute atomic E-state index is 0.0535. The highest BCUT2D eigenvalue weighted by molar-refractivity contribution is 7.89. The van der Waals surface area contributed by atoms with Crippen LogP contribution in [0.25, 0.3) is 0 Å². The molecule has 0 bridgehead atoms. The van der Waals surface area contributed by atoms with Gasteiger partial charge >= 0.3 is 6.03 Å². The summed E-state index contributed by atoms with van der Waals surface area (Å²) in [5, 5.41) is 0. The molecule has 16 heavy (non-hydrogen) atoms. The molecule has 0 aromatic heterocycles. The van der Waals surface area contributed by atoms with Gasteiger partial charge in [-0.2, -0.15) is 0 Å². The largest absolute Gasteiger partial charge is 0.351 e. The minimum Gasteiger partial charge on any atom is -0.351 e. The Bertz CT molecular complexity index is 456. The minimum atomic E-state index is -3.86. The number of urea groups is 1. The van der Waals surface area contributed by atoms with Crippen LogP contribution in [0.5, 0.6) is 0 Å². The summed E-state index contributed by atoms with van der Waals surface area (Å²) in [4.78, 5) is 11.0. The van der Waals surface area contributed by atoms with Crippen LogP contribution >= 0.6 is 0 Å². The number of sulfonamides is 1. The van der Waals surface area contributed by atoms with Crippen molar-refractivity contribution in [2.24, 2.45) is 5.73 Å². The number of benzene rings is 1. The molecule has 0 atom stereocenters. The lowest BCUT2D eigenvalue weighted by atomic mass is 10.4. The fourth-order valence-corrected chi connectivity index (χ4v) is 2.57. The Balaban J connectivity index is 3.14. The van der Waals surface area contributed by atoms with Gasteiger partial charge in [-0.3, -0.25) is 0 Å². The monoisotopic (exact) mass is 241 g/mol. The Hall–Kier alpha value is -1.56. The number of rotatable bonds is 4. The number of amides is 2. The van der Waals surface area contributed by atoms with E-state index < -0.39 is 16.1 Å². The van der Waals surface area contributed by atoms with Gasteiger partial charge in [0.05, 0.1) is 4.90 Å². The van der Waals surface area contributed by atoms with Crippen molar-refractivity contribution in [1.29, 1.82) is 0 Å². The van der Waals surface area contributed by atoms with Crippen molar-refractivity contribution in [3.05, 3.63) is 30.3 Å². The Labute approximate surface area is 94.9 Å². The Kier molecular flexibility index (Phi) is 3.89. The molecule has 6 heteroatoms. The van der Waals surface area contributed by atoms with Crippen molar-refractivity contribution in [1.82, 2.24) is 4.31 Å². The van der Waals surface area contributed by atoms with Crippen molar-refractivity contribution >= 4 is 16.1 Å². The molecular weight excluding hydrogens is 228 g/mol. The molecule has 2 amide bonds. The summed E-state index contributed by atoms with van der Waals surface area (Å²) in [5.41, 5.74) is 5.04. The molecule has 0 saturated carbocycles. The summed E-state index contributed by atoms with van der Waals surface area (Å²) in [5.74, 6) is 0. The van der Waals surface area contributed by atoms with Gasteiger partial charge in [0.25, 0.3) is 10.0 Å². The van der Waals surface area contributed by atoms with Crippen molar-refractivity contribution < 1.29 is 13.2 Å². The van der Waals surface area contributed by atoms with Gasteiger partial charge in [-0.1, -0.05) is 25.1 Å². The van der Waals surface area contributed by atoms with Gasteiger partial charge in [-0.05, 0) is 12.5 Å². The Morgan fingerprint density at radius 2 is 2.19 bits per heavy atom. The number of nitrogens with two attached hydrogens (primary N) is 1. The maximum absolute atomic E-state index is 12.0. The predicted octanol–water partition coefficient (Wildman–Crippen LogP) is 0.966. The first-order valence-electron chi connectivity index (χ1n) is 4.79. The van der Waals surface area contributed by atoms with Gasteiger partial charge in [0.1, 0.15) is 0 Å². The standard InChI is InChI=1S/C10H13N2O3S/c1-2-8-12(10(11)13)16(14,15)9-6-4-3-5-7-9/h3-6H,2,8H2,1H3,(H2,11,13). The SMILES string of the molecule is CCCN(C(N)=O)S(=O)(=O)c1[c]cccc1. The van der Waals surface area contributed by atoms with Crippen LogP contribution in [-0.4, -0.2) is 25.3 Å². The zero-order valence-corrected chi connectivity index (χ0v) is 9.70. The molecule has 0 unspecified atom stereocenters. The molecule has 0 spiro atoms. The lowest BCUT2D eigenvalue weighted by molar-refractivity contribution is 0.232. The third kappa shape index (κ3) is 2.52. The van der Waals surface area contributed by atoms with Crippen molar-refractivity contribution in [2.45, 2.75) is 18.2 Å². The molecule has 0 aliphatic rings. The molecule has 5 nitrogen and oxygen atoms in total. The molecule has 1 rings (SSSR count). The summed E-state index contributed by atoms with van der Waals surface area (Å²) in [6.45, 7) is 1.83. The van der Waals surface area contributed by atoms with Crippen LogP contribution in [0, 0.1) is 6.07 Å². The smallest absolute Gasteiger partial charge is 0.328 e. The molecule has 0 aliphatic heterocycles. The van der Waals surface area contributed by atoms with Gasteiger partial charge in [0.2, 0.25) is 0 Å². The number of hydrogen-bond donors (Lipinski definition) is 1. The number of carbonyl (C=O) groups is 1. The predicted molar refractivity (Wildman–Crippen MR) is 59.0 cm³/mol. The topological polar surface area (TPSA) is 80.5 Å². The fourth-order valence-electron chi connectivity index (χ4n) is 1.21. The number of carbonyl (C=O) groups excluding carboxylic acids is 1. The quantitative estimate of drug-likeness (QED) is 0.852. The van der Waals surface area contributed by atoms with E-state index in [1.54, 1.807) is 19.1 Å². The third-order valence-electron chi connectivity index (χ3n) is 1.92. The van der Waals surface area contributed by atoms with Crippen LogP contribution in [0.1, 0.15) is 13.3 Å². The zero-order valence-electron chi connectivity index (χ0n) is 8.88. The molecule has 0 fully saturated rings.